The van der Waals surface area contributed by atoms with E-state index in [1.54, 1.807) is 6.07 Å². The topological polar surface area (TPSA) is 48.4 Å². The molecule has 94 valence electrons. The highest BCUT2D eigenvalue weighted by molar-refractivity contribution is 5.88. The predicted octanol–water partition coefficient (Wildman–Crippen LogP) is 1.82. The number of esters is 1. The van der Waals surface area contributed by atoms with E-state index in [1.165, 1.54) is 18.5 Å². The van der Waals surface area contributed by atoms with E-state index in [1.807, 2.05) is 0 Å². The largest absolute Gasteiger partial charge is 0.460 e. The number of carbonyl (C=O) groups is 1. The van der Waals surface area contributed by atoms with E-state index in [0.29, 0.717) is 0 Å². The molecule has 0 saturated carbocycles. The molecule has 4 nitrogen and oxygen atoms in total. The van der Waals surface area contributed by atoms with Gasteiger partial charge in [0.1, 0.15) is 13.2 Å². The van der Waals surface area contributed by atoms with Crippen LogP contribution in [0.3, 0.4) is 0 Å². The molecule has 0 aliphatic rings. The Balaban J connectivity index is 2.18. The van der Waals surface area contributed by atoms with Crippen molar-refractivity contribution in [2.24, 2.45) is 0 Å². The summed E-state index contributed by atoms with van der Waals surface area (Å²) >= 11 is 0. The van der Waals surface area contributed by atoms with Crippen molar-refractivity contribution in [3.8, 4) is 0 Å². The molecule has 17 heavy (non-hydrogen) atoms. The maximum Gasteiger partial charge on any atom is 0.411 e. The van der Waals surface area contributed by atoms with Crippen LogP contribution in [0.1, 0.15) is 10.4 Å². The lowest BCUT2D eigenvalue weighted by Crippen LogP contribution is -2.19. The van der Waals surface area contributed by atoms with Gasteiger partial charge in [0.25, 0.3) is 0 Å². The second kappa shape index (κ2) is 6.19. The van der Waals surface area contributed by atoms with E-state index in [0.717, 1.165) is 0 Å². The van der Waals surface area contributed by atoms with Crippen LogP contribution >= 0.6 is 0 Å². The fourth-order valence-corrected chi connectivity index (χ4v) is 0.948. The molecule has 0 aliphatic carbocycles. The first kappa shape index (κ1) is 13.4. The number of nitrogens with zero attached hydrogens (tertiary/aromatic N) is 1. The van der Waals surface area contributed by atoms with E-state index in [9.17, 15) is 18.0 Å². The number of carbonyl (C=O) groups excluding carboxylic acids is 1. The third-order valence-electron chi connectivity index (χ3n) is 1.62. The molecule has 0 radical (unpaired) electrons. The summed E-state index contributed by atoms with van der Waals surface area (Å²) in [5.74, 6) is -0.645. The van der Waals surface area contributed by atoms with Crippen LogP contribution in [0.15, 0.2) is 24.5 Å². The molecule has 1 rings (SSSR count). The lowest BCUT2D eigenvalue weighted by Gasteiger charge is -2.08. The Kier molecular flexibility index (Phi) is 4.89. The molecule has 1 heterocycles. The van der Waals surface area contributed by atoms with Crippen molar-refractivity contribution < 1.29 is 27.4 Å². The van der Waals surface area contributed by atoms with Crippen LogP contribution in [0.2, 0.25) is 0 Å². The molecular formula is C10H10F3NO3. The first-order valence-electron chi connectivity index (χ1n) is 4.71. The van der Waals surface area contributed by atoms with Gasteiger partial charge in [-0.15, -0.1) is 0 Å². The van der Waals surface area contributed by atoms with Crippen molar-refractivity contribution in [2.75, 3.05) is 19.8 Å². The highest BCUT2D eigenvalue weighted by Gasteiger charge is 2.27. The molecule has 0 amide bonds. The summed E-state index contributed by atoms with van der Waals surface area (Å²) in [4.78, 5) is 15.0. The van der Waals surface area contributed by atoms with Crippen LogP contribution in [0.4, 0.5) is 13.2 Å². The average Bonchev–Trinajstić information content (AvgIpc) is 2.28. The fourth-order valence-electron chi connectivity index (χ4n) is 0.948. The summed E-state index contributed by atoms with van der Waals surface area (Å²) in [6.45, 7) is -1.88. The van der Waals surface area contributed by atoms with Gasteiger partial charge in [0.05, 0.1) is 12.2 Å². The number of pyridine rings is 1. The van der Waals surface area contributed by atoms with Crippen molar-refractivity contribution in [3.05, 3.63) is 30.1 Å². The lowest BCUT2D eigenvalue weighted by molar-refractivity contribution is -0.175. The number of alkyl halides is 3. The lowest BCUT2D eigenvalue weighted by atomic mass is 10.3. The molecule has 0 aromatic carbocycles. The fraction of sp³-hybridized carbons (Fsp3) is 0.400. The van der Waals surface area contributed by atoms with Crippen LogP contribution in [0, 0.1) is 0 Å². The van der Waals surface area contributed by atoms with Crippen LogP contribution in [0.25, 0.3) is 0 Å². The van der Waals surface area contributed by atoms with Crippen LogP contribution in [-0.2, 0) is 9.47 Å². The zero-order valence-corrected chi connectivity index (χ0v) is 8.74. The summed E-state index contributed by atoms with van der Waals surface area (Å²) in [5, 5.41) is 0. The minimum atomic E-state index is -4.37. The number of hydrogen-bond donors (Lipinski definition) is 0. The summed E-state index contributed by atoms with van der Waals surface area (Å²) in [6.07, 6.45) is -1.57. The first-order valence-corrected chi connectivity index (χ1v) is 4.71. The predicted molar refractivity (Wildman–Crippen MR) is 51.4 cm³/mol. The Morgan fingerprint density at radius 3 is 2.71 bits per heavy atom. The molecular weight excluding hydrogens is 239 g/mol. The zero-order valence-electron chi connectivity index (χ0n) is 8.74. The van der Waals surface area contributed by atoms with Gasteiger partial charge in [-0.25, -0.2) is 4.79 Å². The van der Waals surface area contributed by atoms with Crippen molar-refractivity contribution >= 4 is 5.97 Å². The smallest absolute Gasteiger partial charge is 0.411 e. The van der Waals surface area contributed by atoms with Gasteiger partial charge in [0, 0.05) is 12.4 Å². The average molecular weight is 249 g/mol. The molecule has 0 unspecified atom stereocenters. The Morgan fingerprint density at radius 2 is 2.12 bits per heavy atom. The van der Waals surface area contributed by atoms with Gasteiger partial charge in [-0.1, -0.05) is 0 Å². The highest BCUT2D eigenvalue weighted by atomic mass is 19.4. The second-order valence-corrected chi connectivity index (χ2v) is 3.05. The molecule has 0 atom stereocenters. The quantitative estimate of drug-likeness (QED) is 0.590. The molecule has 0 saturated heterocycles. The third kappa shape index (κ3) is 5.86. The van der Waals surface area contributed by atoms with E-state index in [4.69, 9.17) is 0 Å². The Hall–Kier alpha value is -1.63. The molecule has 0 bridgehead atoms. The summed E-state index contributed by atoms with van der Waals surface area (Å²) in [6, 6.07) is 3.04. The van der Waals surface area contributed by atoms with Crippen LogP contribution in [0.5, 0.6) is 0 Å². The minimum absolute atomic E-state index is 0.232. The maximum absolute atomic E-state index is 11.7. The zero-order chi connectivity index (χ0) is 12.7. The van der Waals surface area contributed by atoms with Crippen molar-refractivity contribution in [1.29, 1.82) is 0 Å². The summed E-state index contributed by atoms with van der Waals surface area (Å²) < 4.78 is 43.9. The SMILES string of the molecule is O=C(OCCOCC(F)(F)F)c1cccnc1. The van der Waals surface area contributed by atoms with E-state index in [2.05, 4.69) is 14.5 Å². The molecule has 1 aromatic heterocycles. The standard InChI is InChI=1S/C10H10F3NO3/c11-10(12,13)7-16-4-5-17-9(15)8-2-1-3-14-6-8/h1-3,6H,4-5,7H2. The van der Waals surface area contributed by atoms with Crippen molar-refractivity contribution in [3.63, 3.8) is 0 Å². The monoisotopic (exact) mass is 249 g/mol. The second-order valence-electron chi connectivity index (χ2n) is 3.05. The molecule has 0 spiro atoms. The molecule has 0 fully saturated rings. The Morgan fingerprint density at radius 1 is 1.35 bits per heavy atom. The summed E-state index contributed by atoms with van der Waals surface area (Å²) in [7, 11) is 0. The van der Waals surface area contributed by atoms with Gasteiger partial charge < -0.3 is 9.47 Å². The van der Waals surface area contributed by atoms with E-state index < -0.39 is 18.8 Å². The van der Waals surface area contributed by atoms with Gasteiger partial charge in [0.15, 0.2) is 0 Å². The van der Waals surface area contributed by atoms with Gasteiger partial charge in [0.2, 0.25) is 0 Å². The first-order chi connectivity index (χ1) is 7.99. The van der Waals surface area contributed by atoms with Crippen LogP contribution < -0.4 is 0 Å². The van der Waals surface area contributed by atoms with E-state index >= 15 is 0 Å². The third-order valence-corrected chi connectivity index (χ3v) is 1.62. The normalized spacial score (nSPS) is 11.2. The number of rotatable bonds is 5. The van der Waals surface area contributed by atoms with Crippen molar-refractivity contribution in [2.45, 2.75) is 6.18 Å². The molecule has 1 aromatic rings. The van der Waals surface area contributed by atoms with Gasteiger partial charge in [-0.05, 0) is 12.1 Å². The molecule has 0 aliphatic heterocycles. The Labute approximate surface area is 95.4 Å². The highest BCUT2D eigenvalue weighted by Crippen LogP contribution is 2.14. The van der Waals surface area contributed by atoms with Gasteiger partial charge in [-0.2, -0.15) is 13.2 Å². The van der Waals surface area contributed by atoms with Gasteiger partial charge in [-0.3, -0.25) is 4.98 Å². The van der Waals surface area contributed by atoms with Gasteiger partial charge >= 0.3 is 12.1 Å². The Bertz CT molecular complexity index is 354. The minimum Gasteiger partial charge on any atom is -0.460 e. The van der Waals surface area contributed by atoms with Crippen molar-refractivity contribution in [1.82, 2.24) is 4.98 Å². The number of ether oxygens (including phenoxy) is 2. The summed E-state index contributed by atoms with van der Waals surface area (Å²) in [5.41, 5.74) is 0.239. The molecule has 0 N–H and O–H groups in total. The molecule has 7 heteroatoms. The number of aromatic nitrogens is 1. The number of halogens is 3. The maximum atomic E-state index is 11.7. The number of hydrogen-bond acceptors (Lipinski definition) is 4. The van der Waals surface area contributed by atoms with Crippen LogP contribution in [-0.4, -0.2) is 37.0 Å². The van der Waals surface area contributed by atoms with E-state index in [-0.39, 0.29) is 18.8 Å².